The molecule has 1 aliphatic rings. The van der Waals surface area contributed by atoms with Crippen LogP contribution in [0.2, 0.25) is 0 Å². The van der Waals surface area contributed by atoms with Crippen LogP contribution < -0.4 is 23.7 Å². The molecule has 8 heteroatoms. The SMILES string of the molecule is COc1cc(C(=O)Oc2ccc3c(c2C)O/C(=C\c2ccccc2F)C3=O)cc(OC)c1OC. The summed E-state index contributed by atoms with van der Waals surface area (Å²) >= 11 is 0. The number of benzene rings is 3. The Bertz CT molecular complexity index is 1300. The van der Waals surface area contributed by atoms with E-state index in [1.807, 2.05) is 0 Å². The number of esters is 1. The molecule has 0 fully saturated rings. The molecule has 0 saturated heterocycles. The van der Waals surface area contributed by atoms with E-state index >= 15 is 0 Å². The molecule has 3 aromatic rings. The molecular weight excluding hydrogens is 443 g/mol. The molecule has 174 valence electrons. The van der Waals surface area contributed by atoms with Crippen molar-refractivity contribution in [3.63, 3.8) is 0 Å². The fourth-order valence-corrected chi connectivity index (χ4v) is 3.57. The molecule has 4 rings (SSSR count). The third-order valence-corrected chi connectivity index (χ3v) is 5.33. The molecule has 7 nitrogen and oxygen atoms in total. The van der Waals surface area contributed by atoms with E-state index in [-0.39, 0.29) is 34.2 Å². The molecule has 0 aliphatic carbocycles. The smallest absolute Gasteiger partial charge is 0.343 e. The number of hydrogen-bond donors (Lipinski definition) is 0. The first-order chi connectivity index (χ1) is 16.4. The van der Waals surface area contributed by atoms with Crippen molar-refractivity contribution in [2.45, 2.75) is 6.92 Å². The highest BCUT2D eigenvalue weighted by molar-refractivity contribution is 6.15. The number of methoxy groups -OCH3 is 3. The third kappa shape index (κ3) is 4.05. The van der Waals surface area contributed by atoms with Gasteiger partial charge in [0.1, 0.15) is 17.3 Å². The van der Waals surface area contributed by atoms with Gasteiger partial charge in [0.15, 0.2) is 17.3 Å². The van der Waals surface area contributed by atoms with Gasteiger partial charge < -0.3 is 23.7 Å². The second kappa shape index (κ2) is 9.27. The number of allylic oxidation sites excluding steroid dienone is 1. The summed E-state index contributed by atoms with van der Waals surface area (Å²) in [6.07, 6.45) is 1.35. The number of carbonyl (C=O) groups excluding carboxylic acids is 2. The highest BCUT2D eigenvalue weighted by Crippen LogP contribution is 2.41. The summed E-state index contributed by atoms with van der Waals surface area (Å²) < 4.78 is 41.2. The Kier molecular flexibility index (Phi) is 6.23. The minimum Gasteiger partial charge on any atom is -0.493 e. The van der Waals surface area contributed by atoms with Crippen molar-refractivity contribution in [3.05, 3.63) is 82.4 Å². The first-order valence-corrected chi connectivity index (χ1v) is 10.2. The van der Waals surface area contributed by atoms with Gasteiger partial charge in [-0.15, -0.1) is 0 Å². The van der Waals surface area contributed by atoms with E-state index in [0.717, 1.165) is 0 Å². The van der Waals surface area contributed by atoms with Crippen molar-refractivity contribution in [1.82, 2.24) is 0 Å². The molecule has 0 N–H and O–H groups in total. The van der Waals surface area contributed by atoms with E-state index in [1.54, 1.807) is 25.1 Å². The van der Waals surface area contributed by atoms with Crippen molar-refractivity contribution in [2.75, 3.05) is 21.3 Å². The van der Waals surface area contributed by atoms with Crippen LogP contribution in [-0.4, -0.2) is 33.1 Å². The van der Waals surface area contributed by atoms with Gasteiger partial charge in [-0.1, -0.05) is 18.2 Å². The molecule has 0 unspecified atom stereocenters. The number of ether oxygens (including phenoxy) is 5. The van der Waals surface area contributed by atoms with Gasteiger partial charge in [0, 0.05) is 11.1 Å². The van der Waals surface area contributed by atoms with Crippen molar-refractivity contribution in [2.24, 2.45) is 0 Å². The van der Waals surface area contributed by atoms with Crippen LogP contribution in [0.3, 0.4) is 0 Å². The summed E-state index contributed by atoms with van der Waals surface area (Å²) in [5, 5.41) is 0. The van der Waals surface area contributed by atoms with Gasteiger partial charge in [0.25, 0.3) is 0 Å². The summed E-state index contributed by atoms with van der Waals surface area (Å²) in [6, 6.07) is 12.0. The Hall–Kier alpha value is -4.33. The van der Waals surface area contributed by atoms with E-state index in [0.29, 0.717) is 28.4 Å². The molecule has 0 radical (unpaired) electrons. The molecular formula is C26H21FO7. The standard InChI is InChI=1S/C26H21FO7/c1-14-19(34-26(29)16-12-21(30-2)25(32-4)22(13-16)31-3)10-9-17-23(28)20(33-24(14)17)11-15-7-5-6-8-18(15)27/h5-13H,1-4H3/b20-11-. The minimum atomic E-state index is -0.672. The number of Topliss-reactive ketones (excluding diaryl/α,β-unsaturated/α-hetero) is 1. The maximum absolute atomic E-state index is 14.0. The zero-order valence-electron chi connectivity index (χ0n) is 18.9. The Morgan fingerprint density at radius 1 is 0.941 bits per heavy atom. The molecule has 0 atom stereocenters. The van der Waals surface area contributed by atoms with Crippen LogP contribution in [0.4, 0.5) is 4.39 Å². The summed E-state index contributed by atoms with van der Waals surface area (Å²) in [5.74, 6) is -0.142. The van der Waals surface area contributed by atoms with Crippen LogP contribution >= 0.6 is 0 Å². The molecule has 0 saturated carbocycles. The lowest BCUT2D eigenvalue weighted by Gasteiger charge is -2.14. The number of ketones is 1. The largest absolute Gasteiger partial charge is 0.493 e. The van der Waals surface area contributed by atoms with Gasteiger partial charge in [0.2, 0.25) is 11.5 Å². The van der Waals surface area contributed by atoms with Gasteiger partial charge in [-0.25, -0.2) is 9.18 Å². The first-order valence-electron chi connectivity index (χ1n) is 10.2. The lowest BCUT2D eigenvalue weighted by atomic mass is 10.1. The lowest BCUT2D eigenvalue weighted by Crippen LogP contribution is -2.10. The predicted molar refractivity (Wildman–Crippen MR) is 122 cm³/mol. The predicted octanol–water partition coefficient (Wildman–Crippen LogP) is 5.00. The number of halogens is 1. The van der Waals surface area contributed by atoms with Gasteiger partial charge in [-0.2, -0.15) is 0 Å². The zero-order valence-corrected chi connectivity index (χ0v) is 18.9. The molecule has 0 bridgehead atoms. The normalized spacial score (nSPS) is 13.3. The second-order valence-corrected chi connectivity index (χ2v) is 7.33. The van der Waals surface area contributed by atoms with Crippen LogP contribution in [-0.2, 0) is 0 Å². The third-order valence-electron chi connectivity index (χ3n) is 5.33. The van der Waals surface area contributed by atoms with Gasteiger partial charge >= 0.3 is 5.97 Å². The van der Waals surface area contributed by atoms with Crippen molar-refractivity contribution >= 4 is 17.8 Å². The lowest BCUT2D eigenvalue weighted by molar-refractivity contribution is 0.0732. The van der Waals surface area contributed by atoms with Crippen molar-refractivity contribution < 1.29 is 37.7 Å². The Morgan fingerprint density at radius 2 is 1.62 bits per heavy atom. The summed E-state index contributed by atoms with van der Waals surface area (Å²) in [7, 11) is 4.35. The molecule has 0 aromatic heterocycles. The van der Waals surface area contributed by atoms with Crippen molar-refractivity contribution in [3.8, 4) is 28.7 Å². The van der Waals surface area contributed by atoms with Gasteiger partial charge in [-0.05, 0) is 43.3 Å². The Morgan fingerprint density at radius 3 is 2.24 bits per heavy atom. The van der Waals surface area contributed by atoms with Crippen LogP contribution in [0, 0.1) is 12.7 Å². The number of rotatable bonds is 6. The Balaban J connectivity index is 1.63. The summed E-state index contributed by atoms with van der Waals surface area (Å²) in [6.45, 7) is 1.66. The van der Waals surface area contributed by atoms with E-state index < -0.39 is 11.8 Å². The van der Waals surface area contributed by atoms with Gasteiger partial charge in [-0.3, -0.25) is 4.79 Å². The van der Waals surface area contributed by atoms with Crippen LogP contribution in [0.25, 0.3) is 6.08 Å². The summed E-state index contributed by atoms with van der Waals surface area (Å²) in [4.78, 5) is 25.6. The minimum absolute atomic E-state index is 0.0173. The first kappa shape index (κ1) is 22.8. The van der Waals surface area contributed by atoms with Crippen molar-refractivity contribution in [1.29, 1.82) is 0 Å². The summed E-state index contributed by atoms with van der Waals surface area (Å²) in [5.41, 5.74) is 1.15. The van der Waals surface area contributed by atoms with Crippen LogP contribution in [0.1, 0.15) is 31.8 Å². The second-order valence-electron chi connectivity index (χ2n) is 7.33. The Labute approximate surface area is 195 Å². The van der Waals surface area contributed by atoms with Gasteiger partial charge in [0.05, 0.1) is 32.5 Å². The zero-order chi connectivity index (χ0) is 24.4. The van der Waals surface area contributed by atoms with E-state index in [1.165, 1.54) is 57.7 Å². The molecule has 0 spiro atoms. The fraction of sp³-hybridized carbons (Fsp3) is 0.154. The maximum atomic E-state index is 14.0. The number of hydrogen-bond acceptors (Lipinski definition) is 7. The molecule has 1 aliphatic heterocycles. The number of carbonyl (C=O) groups is 2. The monoisotopic (exact) mass is 464 g/mol. The number of fused-ring (bicyclic) bond motifs is 1. The highest BCUT2D eigenvalue weighted by atomic mass is 19.1. The van der Waals surface area contributed by atoms with E-state index in [4.69, 9.17) is 23.7 Å². The van der Waals surface area contributed by atoms with E-state index in [9.17, 15) is 14.0 Å². The molecule has 0 amide bonds. The van der Waals surface area contributed by atoms with Crippen LogP contribution in [0.5, 0.6) is 28.7 Å². The maximum Gasteiger partial charge on any atom is 0.343 e. The van der Waals surface area contributed by atoms with Crippen LogP contribution in [0.15, 0.2) is 54.3 Å². The highest BCUT2D eigenvalue weighted by Gasteiger charge is 2.31. The topological polar surface area (TPSA) is 80.3 Å². The average Bonchev–Trinajstić information content (AvgIpc) is 3.17. The average molecular weight is 464 g/mol. The molecule has 1 heterocycles. The molecule has 3 aromatic carbocycles. The quantitative estimate of drug-likeness (QED) is 0.289. The van der Waals surface area contributed by atoms with E-state index in [2.05, 4.69) is 0 Å². The molecule has 34 heavy (non-hydrogen) atoms. The fourth-order valence-electron chi connectivity index (χ4n) is 3.57.